The number of hydrogen-bond acceptors (Lipinski definition) is 5. The summed E-state index contributed by atoms with van der Waals surface area (Å²) >= 11 is 0. The fraction of sp³-hybridized carbons (Fsp3) is 0.308. The smallest absolute Gasteiger partial charge is 0.263 e. The van der Waals surface area contributed by atoms with Crippen molar-refractivity contribution < 1.29 is 17.9 Å². The lowest BCUT2D eigenvalue weighted by molar-refractivity contribution is -0.127. The third kappa shape index (κ3) is 4.12. The molecule has 114 valence electrons. The van der Waals surface area contributed by atoms with Crippen molar-refractivity contribution in [1.82, 2.24) is 5.32 Å². The monoisotopic (exact) mass is 311 g/mol. The molecular weight excluding hydrogens is 294 g/mol. The Morgan fingerprint density at radius 2 is 2.33 bits per heavy atom. The predicted octanol–water partition coefficient (Wildman–Crippen LogP) is 0.533. The first kappa shape index (κ1) is 15.2. The molecule has 0 bridgehead atoms. The maximum absolute atomic E-state index is 11.8. The minimum atomic E-state index is -3.33. The molecule has 3 N–H and O–H groups in total. The lowest BCUT2D eigenvalue weighted by atomic mass is 10.2. The van der Waals surface area contributed by atoms with E-state index in [0.29, 0.717) is 30.2 Å². The van der Waals surface area contributed by atoms with Crippen LogP contribution in [0.25, 0.3) is 0 Å². The fourth-order valence-electron chi connectivity index (χ4n) is 1.88. The van der Waals surface area contributed by atoms with Gasteiger partial charge in [0.05, 0.1) is 24.2 Å². The summed E-state index contributed by atoms with van der Waals surface area (Å²) in [4.78, 5) is 11.8. The summed E-state index contributed by atoms with van der Waals surface area (Å²) in [5.74, 6) is 0.269. The molecule has 0 saturated heterocycles. The van der Waals surface area contributed by atoms with Gasteiger partial charge in [-0.2, -0.15) is 0 Å². The van der Waals surface area contributed by atoms with Crippen LogP contribution < -0.4 is 20.1 Å². The zero-order chi connectivity index (χ0) is 15.5. The normalized spacial score (nSPS) is 16.9. The summed E-state index contributed by atoms with van der Waals surface area (Å²) in [5, 5.41) is 5.71. The van der Waals surface area contributed by atoms with Gasteiger partial charge in [-0.05, 0) is 18.2 Å². The molecule has 1 amide bonds. The minimum absolute atomic E-state index is 0.230. The summed E-state index contributed by atoms with van der Waals surface area (Å²) in [6.45, 7) is 4.21. The summed E-state index contributed by atoms with van der Waals surface area (Å²) in [5.41, 5.74) is 1.07. The van der Waals surface area contributed by atoms with Crippen LogP contribution in [0, 0.1) is 0 Å². The topological polar surface area (TPSA) is 96.5 Å². The molecule has 1 aliphatic rings. The molecule has 1 aliphatic heterocycles. The fourth-order valence-corrected chi connectivity index (χ4v) is 2.43. The molecule has 2 rings (SSSR count). The first-order chi connectivity index (χ1) is 9.89. The number of sulfonamides is 1. The standard InChI is InChI=1S/C13H17N3O4S/c1-3-6-14-13(17)12-8-15-10-7-9(16-21(2,18)19)4-5-11(10)20-12/h3-5,7,12,15-16H,1,6,8H2,2H3,(H,14,17). The second-order valence-electron chi connectivity index (χ2n) is 4.61. The van der Waals surface area contributed by atoms with Crippen LogP contribution in [0.5, 0.6) is 5.75 Å². The highest BCUT2D eigenvalue weighted by Gasteiger charge is 2.25. The van der Waals surface area contributed by atoms with Crippen molar-refractivity contribution in [2.24, 2.45) is 0 Å². The second kappa shape index (κ2) is 6.04. The van der Waals surface area contributed by atoms with E-state index < -0.39 is 16.1 Å². The Labute approximate surface area is 123 Å². The van der Waals surface area contributed by atoms with Crippen LogP contribution in [-0.2, 0) is 14.8 Å². The number of anilines is 2. The minimum Gasteiger partial charge on any atom is -0.477 e. The maximum Gasteiger partial charge on any atom is 0.263 e. The van der Waals surface area contributed by atoms with Crippen LogP contribution in [0.2, 0.25) is 0 Å². The predicted molar refractivity (Wildman–Crippen MR) is 81.0 cm³/mol. The third-order valence-corrected chi connectivity index (χ3v) is 3.35. The Morgan fingerprint density at radius 3 is 3.00 bits per heavy atom. The molecule has 8 heteroatoms. The second-order valence-corrected chi connectivity index (χ2v) is 6.35. The van der Waals surface area contributed by atoms with E-state index in [-0.39, 0.29) is 5.91 Å². The van der Waals surface area contributed by atoms with Crippen molar-refractivity contribution in [3.05, 3.63) is 30.9 Å². The molecule has 1 aromatic carbocycles. The Kier molecular flexibility index (Phi) is 4.37. The van der Waals surface area contributed by atoms with Gasteiger partial charge >= 0.3 is 0 Å². The first-order valence-corrected chi connectivity index (χ1v) is 8.19. The van der Waals surface area contributed by atoms with Gasteiger partial charge in [0.15, 0.2) is 6.10 Å². The molecule has 0 aromatic heterocycles. The Hall–Kier alpha value is -2.22. The molecular formula is C13H17N3O4S. The lowest BCUT2D eigenvalue weighted by Gasteiger charge is -2.26. The molecule has 21 heavy (non-hydrogen) atoms. The molecule has 7 nitrogen and oxygen atoms in total. The number of hydrogen-bond donors (Lipinski definition) is 3. The van der Waals surface area contributed by atoms with Gasteiger partial charge in [-0.15, -0.1) is 6.58 Å². The molecule has 0 spiro atoms. The van der Waals surface area contributed by atoms with Gasteiger partial charge in [0.2, 0.25) is 10.0 Å². The molecule has 0 saturated carbocycles. The molecule has 1 unspecified atom stereocenters. The highest BCUT2D eigenvalue weighted by Crippen LogP contribution is 2.32. The molecule has 1 heterocycles. The number of fused-ring (bicyclic) bond motifs is 1. The van der Waals surface area contributed by atoms with Crippen molar-refractivity contribution in [2.45, 2.75) is 6.10 Å². The summed E-state index contributed by atoms with van der Waals surface area (Å²) in [6.07, 6.45) is 2.04. The van der Waals surface area contributed by atoms with Crippen molar-refractivity contribution in [3.63, 3.8) is 0 Å². The van der Waals surface area contributed by atoms with E-state index >= 15 is 0 Å². The number of carbonyl (C=O) groups is 1. The van der Waals surface area contributed by atoms with Crippen molar-refractivity contribution in [1.29, 1.82) is 0 Å². The van der Waals surface area contributed by atoms with Crippen molar-refractivity contribution in [2.75, 3.05) is 29.4 Å². The molecule has 0 radical (unpaired) electrons. The van der Waals surface area contributed by atoms with E-state index in [1.807, 2.05) is 0 Å². The van der Waals surface area contributed by atoms with Gasteiger partial charge < -0.3 is 15.4 Å². The van der Waals surface area contributed by atoms with Crippen LogP contribution in [0.4, 0.5) is 11.4 Å². The van der Waals surface area contributed by atoms with Gasteiger partial charge in [-0.1, -0.05) is 6.08 Å². The number of nitrogens with one attached hydrogen (secondary N) is 3. The largest absolute Gasteiger partial charge is 0.477 e. The van der Waals surface area contributed by atoms with Crippen molar-refractivity contribution in [3.8, 4) is 5.75 Å². The van der Waals surface area contributed by atoms with Gasteiger partial charge in [0.1, 0.15) is 5.75 Å². The highest BCUT2D eigenvalue weighted by atomic mass is 32.2. The van der Waals surface area contributed by atoms with E-state index in [1.54, 1.807) is 24.3 Å². The van der Waals surface area contributed by atoms with Gasteiger partial charge in [0.25, 0.3) is 5.91 Å². The Morgan fingerprint density at radius 1 is 1.57 bits per heavy atom. The number of rotatable bonds is 5. The maximum atomic E-state index is 11.8. The van der Waals surface area contributed by atoms with E-state index in [9.17, 15) is 13.2 Å². The number of amides is 1. The van der Waals surface area contributed by atoms with Crippen LogP contribution in [0.1, 0.15) is 0 Å². The molecule has 0 aliphatic carbocycles. The molecule has 1 atom stereocenters. The Balaban J connectivity index is 2.09. The summed E-state index contributed by atoms with van der Waals surface area (Å²) in [7, 11) is -3.33. The van der Waals surface area contributed by atoms with E-state index in [4.69, 9.17) is 4.74 Å². The van der Waals surface area contributed by atoms with Gasteiger partial charge in [-0.25, -0.2) is 8.42 Å². The van der Waals surface area contributed by atoms with E-state index in [1.165, 1.54) is 0 Å². The van der Waals surface area contributed by atoms with Crippen molar-refractivity contribution >= 4 is 27.3 Å². The van der Waals surface area contributed by atoms with E-state index in [0.717, 1.165) is 6.26 Å². The molecule has 0 fully saturated rings. The number of carbonyl (C=O) groups excluding carboxylic acids is 1. The number of benzene rings is 1. The van der Waals surface area contributed by atoms with Crippen LogP contribution in [0.15, 0.2) is 30.9 Å². The Bertz CT molecular complexity index is 657. The average molecular weight is 311 g/mol. The number of ether oxygens (including phenoxy) is 1. The zero-order valence-corrected chi connectivity index (χ0v) is 12.4. The zero-order valence-electron chi connectivity index (χ0n) is 11.5. The van der Waals surface area contributed by atoms with Crippen LogP contribution in [0.3, 0.4) is 0 Å². The van der Waals surface area contributed by atoms with Crippen LogP contribution in [-0.4, -0.2) is 39.8 Å². The average Bonchev–Trinajstić information content (AvgIpc) is 2.42. The highest BCUT2D eigenvalue weighted by molar-refractivity contribution is 7.92. The first-order valence-electron chi connectivity index (χ1n) is 6.30. The molecule has 1 aromatic rings. The van der Waals surface area contributed by atoms with Gasteiger partial charge in [-0.3, -0.25) is 9.52 Å². The van der Waals surface area contributed by atoms with E-state index in [2.05, 4.69) is 21.9 Å². The summed E-state index contributed by atoms with van der Waals surface area (Å²) in [6, 6.07) is 4.81. The van der Waals surface area contributed by atoms with Crippen LogP contribution >= 0.6 is 0 Å². The third-order valence-electron chi connectivity index (χ3n) is 2.74. The lowest BCUT2D eigenvalue weighted by Crippen LogP contribution is -2.44. The van der Waals surface area contributed by atoms with Gasteiger partial charge in [0, 0.05) is 6.54 Å². The summed E-state index contributed by atoms with van der Waals surface area (Å²) < 4.78 is 30.3. The quantitative estimate of drug-likeness (QED) is 0.689. The SMILES string of the molecule is C=CCNC(=O)C1CNc2cc(NS(C)(=O)=O)ccc2O1.